The highest BCUT2D eigenvalue weighted by Crippen LogP contribution is 1.95. The molecule has 0 unspecified atom stereocenters. The summed E-state index contributed by atoms with van der Waals surface area (Å²) in [4.78, 5) is 0. The SMILES string of the molecule is CCCCCOB(NCCCC)OC. The van der Waals surface area contributed by atoms with Crippen LogP contribution in [-0.2, 0) is 9.31 Å². The summed E-state index contributed by atoms with van der Waals surface area (Å²) >= 11 is 0. The van der Waals surface area contributed by atoms with Crippen molar-refractivity contribution in [2.24, 2.45) is 0 Å². The molecule has 0 heterocycles. The standard InChI is InChI=1S/C10H24BNO2/c1-4-6-8-10-14-11(13-3)12-9-7-5-2/h12H,4-10H2,1-3H3. The summed E-state index contributed by atoms with van der Waals surface area (Å²) in [6, 6.07) is 0. The Morgan fingerprint density at radius 3 is 2.36 bits per heavy atom. The highest BCUT2D eigenvalue weighted by atomic mass is 16.6. The first kappa shape index (κ1) is 13.9. The van der Waals surface area contributed by atoms with Crippen LogP contribution in [-0.4, -0.2) is 27.5 Å². The fraction of sp³-hybridized carbons (Fsp3) is 1.00. The van der Waals surface area contributed by atoms with Gasteiger partial charge < -0.3 is 14.5 Å². The number of hydrogen-bond acceptors (Lipinski definition) is 3. The summed E-state index contributed by atoms with van der Waals surface area (Å²) in [6.45, 7) is 6.10. The molecule has 14 heavy (non-hydrogen) atoms. The van der Waals surface area contributed by atoms with Crippen molar-refractivity contribution in [3.63, 3.8) is 0 Å². The van der Waals surface area contributed by atoms with Gasteiger partial charge in [-0.25, -0.2) is 0 Å². The van der Waals surface area contributed by atoms with Gasteiger partial charge in [0, 0.05) is 13.7 Å². The molecule has 0 saturated heterocycles. The first-order valence-corrected chi connectivity index (χ1v) is 5.72. The predicted molar refractivity (Wildman–Crippen MR) is 61.2 cm³/mol. The molecule has 0 aliphatic carbocycles. The second-order valence-electron chi connectivity index (χ2n) is 3.45. The quantitative estimate of drug-likeness (QED) is 0.434. The van der Waals surface area contributed by atoms with Crippen molar-refractivity contribution in [1.29, 1.82) is 0 Å². The summed E-state index contributed by atoms with van der Waals surface area (Å²) in [7, 11) is 1.45. The van der Waals surface area contributed by atoms with Gasteiger partial charge in [-0.15, -0.1) is 0 Å². The van der Waals surface area contributed by atoms with Gasteiger partial charge in [0.05, 0.1) is 0 Å². The normalized spacial score (nSPS) is 10.5. The number of nitrogens with one attached hydrogen (secondary N) is 1. The third-order valence-electron chi connectivity index (χ3n) is 2.07. The fourth-order valence-electron chi connectivity index (χ4n) is 1.15. The van der Waals surface area contributed by atoms with E-state index in [2.05, 4.69) is 19.1 Å². The molecule has 84 valence electrons. The minimum atomic E-state index is -0.224. The third-order valence-corrected chi connectivity index (χ3v) is 2.07. The van der Waals surface area contributed by atoms with Crippen LogP contribution < -0.4 is 5.23 Å². The topological polar surface area (TPSA) is 30.5 Å². The summed E-state index contributed by atoms with van der Waals surface area (Å²) in [6.07, 6.45) is 5.93. The van der Waals surface area contributed by atoms with Crippen LogP contribution in [0.1, 0.15) is 46.0 Å². The molecule has 0 rings (SSSR count). The van der Waals surface area contributed by atoms with Crippen molar-refractivity contribution < 1.29 is 9.31 Å². The molecule has 0 aromatic rings. The minimum Gasteiger partial charge on any atom is -0.400 e. The molecule has 0 aromatic carbocycles. The van der Waals surface area contributed by atoms with Crippen LogP contribution in [0.3, 0.4) is 0 Å². The molecule has 0 aromatic heterocycles. The van der Waals surface area contributed by atoms with Gasteiger partial charge in [0.15, 0.2) is 0 Å². The van der Waals surface area contributed by atoms with Crippen LogP contribution >= 0.6 is 0 Å². The van der Waals surface area contributed by atoms with Crippen molar-refractivity contribution in [3.8, 4) is 0 Å². The minimum absolute atomic E-state index is 0.224. The zero-order valence-corrected chi connectivity index (χ0v) is 9.84. The smallest absolute Gasteiger partial charge is 0.400 e. The van der Waals surface area contributed by atoms with Crippen LogP contribution in [0.5, 0.6) is 0 Å². The van der Waals surface area contributed by atoms with Gasteiger partial charge in [-0.05, 0) is 19.4 Å². The van der Waals surface area contributed by atoms with Crippen molar-refractivity contribution in [2.75, 3.05) is 20.3 Å². The molecule has 0 radical (unpaired) electrons. The Kier molecular flexibility index (Phi) is 11.0. The van der Waals surface area contributed by atoms with E-state index >= 15 is 0 Å². The van der Waals surface area contributed by atoms with Gasteiger partial charge in [-0.2, -0.15) is 0 Å². The van der Waals surface area contributed by atoms with E-state index in [1.54, 1.807) is 7.11 Å². The highest BCUT2D eigenvalue weighted by molar-refractivity contribution is 6.41. The summed E-state index contributed by atoms with van der Waals surface area (Å²) in [5.41, 5.74) is 0. The average molecular weight is 201 g/mol. The first-order valence-electron chi connectivity index (χ1n) is 5.72. The summed E-state index contributed by atoms with van der Waals surface area (Å²) in [5.74, 6) is 0. The Morgan fingerprint density at radius 1 is 1.07 bits per heavy atom. The van der Waals surface area contributed by atoms with Crippen molar-refractivity contribution in [2.45, 2.75) is 46.0 Å². The Balaban J connectivity index is 3.28. The molecule has 1 N–H and O–H groups in total. The Labute approximate surface area is 88.7 Å². The maximum Gasteiger partial charge on any atom is 0.554 e. The molecule has 0 atom stereocenters. The van der Waals surface area contributed by atoms with Crippen LogP contribution in [0.25, 0.3) is 0 Å². The number of hydrogen-bond donors (Lipinski definition) is 1. The largest absolute Gasteiger partial charge is 0.554 e. The van der Waals surface area contributed by atoms with Crippen molar-refractivity contribution >= 4 is 7.25 Å². The van der Waals surface area contributed by atoms with Gasteiger partial charge in [0.1, 0.15) is 0 Å². The van der Waals surface area contributed by atoms with Crippen molar-refractivity contribution in [3.05, 3.63) is 0 Å². The molecule has 4 heteroatoms. The Hall–Kier alpha value is -0.0551. The molecule has 0 fully saturated rings. The second kappa shape index (κ2) is 11.0. The lowest BCUT2D eigenvalue weighted by molar-refractivity contribution is 0.214. The van der Waals surface area contributed by atoms with E-state index in [0.29, 0.717) is 0 Å². The monoisotopic (exact) mass is 201 g/mol. The number of rotatable bonds is 10. The Bertz CT molecular complexity index is 114. The highest BCUT2D eigenvalue weighted by Gasteiger charge is 2.14. The summed E-state index contributed by atoms with van der Waals surface area (Å²) < 4.78 is 10.7. The van der Waals surface area contributed by atoms with Gasteiger partial charge in [0.2, 0.25) is 0 Å². The van der Waals surface area contributed by atoms with Gasteiger partial charge in [-0.3, -0.25) is 0 Å². The zero-order chi connectivity index (χ0) is 10.6. The fourth-order valence-corrected chi connectivity index (χ4v) is 1.15. The van der Waals surface area contributed by atoms with Gasteiger partial charge in [-0.1, -0.05) is 33.1 Å². The maximum atomic E-state index is 5.51. The molecular formula is C10H24BNO2. The van der Waals surface area contributed by atoms with E-state index in [-0.39, 0.29) is 7.25 Å². The van der Waals surface area contributed by atoms with Gasteiger partial charge >= 0.3 is 7.25 Å². The molecular weight excluding hydrogens is 177 g/mol. The molecule has 0 amide bonds. The molecule has 0 spiro atoms. The first-order chi connectivity index (χ1) is 6.85. The van der Waals surface area contributed by atoms with Crippen LogP contribution in [0.4, 0.5) is 0 Å². The number of unbranched alkanes of at least 4 members (excludes halogenated alkanes) is 3. The molecule has 3 nitrogen and oxygen atoms in total. The lowest BCUT2D eigenvalue weighted by atomic mass is 10.1. The average Bonchev–Trinajstić information content (AvgIpc) is 2.22. The van der Waals surface area contributed by atoms with Crippen LogP contribution in [0.2, 0.25) is 0 Å². The molecule has 0 aliphatic heterocycles. The predicted octanol–water partition coefficient (Wildman–Crippen LogP) is 2.21. The van der Waals surface area contributed by atoms with E-state index in [0.717, 1.165) is 26.0 Å². The molecule has 0 aliphatic rings. The molecule has 0 saturated carbocycles. The van der Waals surface area contributed by atoms with E-state index < -0.39 is 0 Å². The summed E-state index contributed by atoms with van der Waals surface area (Å²) in [5, 5.41) is 3.20. The Morgan fingerprint density at radius 2 is 1.79 bits per heavy atom. The molecule has 0 bridgehead atoms. The van der Waals surface area contributed by atoms with Crippen molar-refractivity contribution in [1.82, 2.24) is 5.23 Å². The van der Waals surface area contributed by atoms with E-state index in [9.17, 15) is 0 Å². The van der Waals surface area contributed by atoms with Gasteiger partial charge in [0.25, 0.3) is 0 Å². The maximum absolute atomic E-state index is 5.51. The lowest BCUT2D eigenvalue weighted by Crippen LogP contribution is -2.40. The van der Waals surface area contributed by atoms with E-state index in [1.807, 2.05) is 0 Å². The zero-order valence-electron chi connectivity index (χ0n) is 9.84. The van der Waals surface area contributed by atoms with E-state index in [1.165, 1.54) is 19.3 Å². The van der Waals surface area contributed by atoms with Crippen LogP contribution in [0, 0.1) is 0 Å². The lowest BCUT2D eigenvalue weighted by Gasteiger charge is -2.12. The van der Waals surface area contributed by atoms with Crippen LogP contribution in [0.15, 0.2) is 0 Å². The third kappa shape index (κ3) is 8.54. The second-order valence-corrected chi connectivity index (χ2v) is 3.45. The van der Waals surface area contributed by atoms with E-state index in [4.69, 9.17) is 9.31 Å².